The zero-order valence-electron chi connectivity index (χ0n) is 14.9. The number of nitrogens with one attached hydrogen (secondary N) is 2. The van der Waals surface area contributed by atoms with Crippen LogP contribution in [0, 0.1) is 0 Å². The number of ether oxygens (including phenoxy) is 1. The number of nitrogens with zero attached hydrogens (tertiary/aromatic N) is 1. The maximum atomic E-state index is 12.0. The van der Waals surface area contributed by atoms with Crippen LogP contribution in [0.2, 0.25) is 0 Å². The van der Waals surface area contributed by atoms with Crippen molar-refractivity contribution < 1.29 is 23.6 Å². The van der Waals surface area contributed by atoms with E-state index in [1.165, 1.54) is 12.3 Å². The molecule has 2 rings (SSSR count). The molecule has 0 atom stereocenters. The van der Waals surface area contributed by atoms with Crippen molar-refractivity contribution in [1.29, 1.82) is 0 Å². The van der Waals surface area contributed by atoms with Gasteiger partial charge in [0, 0.05) is 11.6 Å². The van der Waals surface area contributed by atoms with Gasteiger partial charge in [-0.15, -0.1) is 0 Å². The van der Waals surface area contributed by atoms with E-state index >= 15 is 0 Å². The summed E-state index contributed by atoms with van der Waals surface area (Å²) in [6.45, 7) is 5.42. The number of rotatable bonds is 6. The molecule has 8 nitrogen and oxygen atoms in total. The Morgan fingerprint density at radius 1 is 1.12 bits per heavy atom. The number of carbonyl (C=O) groups is 3. The first kappa shape index (κ1) is 19.2. The molecular weight excluding hydrogens is 338 g/mol. The number of esters is 1. The van der Waals surface area contributed by atoms with Gasteiger partial charge in [0.1, 0.15) is 12.8 Å². The van der Waals surface area contributed by atoms with Crippen LogP contribution in [-0.4, -0.2) is 36.1 Å². The summed E-state index contributed by atoms with van der Waals surface area (Å²) < 4.78 is 9.33. The summed E-state index contributed by atoms with van der Waals surface area (Å²) >= 11 is 0. The number of aromatic nitrogens is 1. The quantitative estimate of drug-likeness (QED) is 0.762. The van der Waals surface area contributed by atoms with Gasteiger partial charge >= 0.3 is 5.97 Å². The van der Waals surface area contributed by atoms with Gasteiger partial charge in [0.2, 0.25) is 0 Å². The minimum Gasteiger partial charge on any atom is -0.454 e. The molecule has 138 valence electrons. The van der Waals surface area contributed by atoms with Crippen molar-refractivity contribution >= 4 is 23.6 Å². The SMILES string of the molecule is CC(C)(C)c1ccc(C(=O)NCC(=O)OCC(=O)Nc2ccon2)cc1. The number of anilines is 1. The molecular formula is C18H21N3O5. The highest BCUT2D eigenvalue weighted by Gasteiger charge is 2.15. The molecule has 0 aliphatic heterocycles. The molecule has 0 aliphatic carbocycles. The van der Waals surface area contributed by atoms with Gasteiger partial charge in [-0.25, -0.2) is 0 Å². The second-order valence-electron chi connectivity index (χ2n) is 6.60. The zero-order chi connectivity index (χ0) is 19.2. The van der Waals surface area contributed by atoms with Crippen molar-refractivity contribution in [3.05, 3.63) is 47.7 Å². The molecule has 2 aromatic rings. The fourth-order valence-electron chi connectivity index (χ4n) is 2.03. The number of carbonyl (C=O) groups excluding carboxylic acids is 3. The Kier molecular flexibility index (Phi) is 6.11. The van der Waals surface area contributed by atoms with Crippen LogP contribution in [0.25, 0.3) is 0 Å². The summed E-state index contributed by atoms with van der Waals surface area (Å²) in [6, 6.07) is 8.60. The van der Waals surface area contributed by atoms with Crippen LogP contribution < -0.4 is 10.6 Å². The predicted molar refractivity (Wildman–Crippen MR) is 93.6 cm³/mol. The number of hydrogen-bond donors (Lipinski definition) is 2. The highest BCUT2D eigenvalue weighted by atomic mass is 16.5. The van der Waals surface area contributed by atoms with Crippen molar-refractivity contribution in [3.63, 3.8) is 0 Å². The fraction of sp³-hybridized carbons (Fsp3) is 0.333. The second kappa shape index (κ2) is 8.28. The van der Waals surface area contributed by atoms with Gasteiger partial charge in [-0.3, -0.25) is 14.4 Å². The van der Waals surface area contributed by atoms with E-state index in [1.54, 1.807) is 12.1 Å². The number of benzene rings is 1. The fourth-order valence-corrected chi connectivity index (χ4v) is 2.03. The Hall–Kier alpha value is -3.16. The molecule has 0 saturated carbocycles. The Morgan fingerprint density at radius 2 is 1.81 bits per heavy atom. The van der Waals surface area contributed by atoms with Gasteiger partial charge in [0.15, 0.2) is 12.4 Å². The van der Waals surface area contributed by atoms with Gasteiger partial charge in [0.05, 0.1) is 0 Å². The average molecular weight is 359 g/mol. The van der Waals surface area contributed by atoms with Crippen molar-refractivity contribution in [2.45, 2.75) is 26.2 Å². The molecule has 0 saturated heterocycles. The second-order valence-corrected chi connectivity index (χ2v) is 6.60. The molecule has 0 spiro atoms. The summed E-state index contributed by atoms with van der Waals surface area (Å²) in [5.41, 5.74) is 1.53. The molecule has 0 fully saturated rings. The van der Waals surface area contributed by atoms with Gasteiger partial charge in [-0.05, 0) is 23.1 Å². The van der Waals surface area contributed by atoms with E-state index in [2.05, 4.69) is 41.1 Å². The largest absolute Gasteiger partial charge is 0.454 e. The molecule has 1 heterocycles. The van der Waals surface area contributed by atoms with Gasteiger partial charge in [-0.1, -0.05) is 38.1 Å². The average Bonchev–Trinajstić information content (AvgIpc) is 3.10. The van der Waals surface area contributed by atoms with Crippen LogP contribution in [0.5, 0.6) is 0 Å². The monoisotopic (exact) mass is 359 g/mol. The smallest absolute Gasteiger partial charge is 0.325 e. The first-order valence-electron chi connectivity index (χ1n) is 8.00. The molecule has 0 bridgehead atoms. The van der Waals surface area contributed by atoms with Crippen LogP contribution in [-0.2, 0) is 19.7 Å². The molecule has 1 aromatic carbocycles. The maximum absolute atomic E-state index is 12.0. The first-order valence-corrected chi connectivity index (χ1v) is 8.00. The Labute approximate surface area is 150 Å². The highest BCUT2D eigenvalue weighted by molar-refractivity contribution is 5.96. The standard InChI is InChI=1S/C18H21N3O5/c1-18(2,3)13-6-4-12(5-7-13)17(24)19-10-16(23)25-11-15(22)20-14-8-9-26-21-14/h4-9H,10-11H2,1-3H3,(H,19,24)(H,20,21,22). The van der Waals surface area contributed by atoms with Crippen LogP contribution in [0.3, 0.4) is 0 Å². The molecule has 1 aromatic heterocycles. The third kappa shape index (κ3) is 5.73. The summed E-state index contributed by atoms with van der Waals surface area (Å²) in [5.74, 6) is -1.45. The summed E-state index contributed by atoms with van der Waals surface area (Å²) in [5, 5.41) is 8.32. The highest BCUT2D eigenvalue weighted by Crippen LogP contribution is 2.22. The lowest BCUT2D eigenvalue weighted by atomic mass is 9.87. The molecule has 8 heteroatoms. The number of hydrogen-bond acceptors (Lipinski definition) is 6. The van der Waals surface area contributed by atoms with Crippen molar-refractivity contribution in [2.75, 3.05) is 18.5 Å². The third-order valence-corrected chi connectivity index (χ3v) is 3.48. The van der Waals surface area contributed by atoms with Crippen molar-refractivity contribution in [1.82, 2.24) is 10.5 Å². The molecule has 0 radical (unpaired) electrons. The third-order valence-electron chi connectivity index (χ3n) is 3.48. The van der Waals surface area contributed by atoms with E-state index in [9.17, 15) is 14.4 Å². The summed E-state index contributed by atoms with van der Waals surface area (Å²) in [4.78, 5) is 35.2. The molecule has 2 N–H and O–H groups in total. The molecule has 26 heavy (non-hydrogen) atoms. The van der Waals surface area contributed by atoms with E-state index in [0.717, 1.165) is 5.56 Å². The Balaban J connectivity index is 1.74. The minimum absolute atomic E-state index is 0.00857. The minimum atomic E-state index is -0.722. The molecule has 0 aliphatic rings. The normalized spacial score (nSPS) is 10.9. The molecule has 2 amide bonds. The van der Waals surface area contributed by atoms with Crippen LogP contribution in [0.4, 0.5) is 5.82 Å². The van der Waals surface area contributed by atoms with Crippen LogP contribution >= 0.6 is 0 Å². The van der Waals surface area contributed by atoms with E-state index in [1.807, 2.05) is 12.1 Å². The van der Waals surface area contributed by atoms with E-state index in [0.29, 0.717) is 5.56 Å². The van der Waals surface area contributed by atoms with Crippen LogP contribution in [0.15, 0.2) is 41.1 Å². The Morgan fingerprint density at radius 3 is 2.38 bits per heavy atom. The summed E-state index contributed by atoms with van der Waals surface area (Å²) in [6.07, 6.45) is 1.30. The predicted octanol–water partition coefficient (Wildman–Crippen LogP) is 1.88. The van der Waals surface area contributed by atoms with E-state index in [-0.39, 0.29) is 17.8 Å². The zero-order valence-corrected chi connectivity index (χ0v) is 14.9. The van der Waals surface area contributed by atoms with Crippen molar-refractivity contribution in [2.24, 2.45) is 0 Å². The lowest BCUT2D eigenvalue weighted by Crippen LogP contribution is -2.32. The van der Waals surface area contributed by atoms with Gasteiger partial charge in [0.25, 0.3) is 11.8 Å². The van der Waals surface area contributed by atoms with Gasteiger partial charge in [-0.2, -0.15) is 0 Å². The first-order chi connectivity index (χ1) is 12.3. The number of amides is 2. The topological polar surface area (TPSA) is 111 Å². The van der Waals surface area contributed by atoms with E-state index in [4.69, 9.17) is 4.74 Å². The lowest BCUT2D eigenvalue weighted by molar-refractivity contribution is -0.146. The lowest BCUT2D eigenvalue weighted by Gasteiger charge is -2.19. The summed E-state index contributed by atoms with van der Waals surface area (Å²) in [7, 11) is 0. The van der Waals surface area contributed by atoms with Crippen LogP contribution in [0.1, 0.15) is 36.7 Å². The molecule has 0 unspecified atom stereocenters. The Bertz CT molecular complexity index is 761. The van der Waals surface area contributed by atoms with Gasteiger partial charge < -0.3 is 19.9 Å². The maximum Gasteiger partial charge on any atom is 0.325 e. The van der Waals surface area contributed by atoms with E-state index < -0.39 is 24.4 Å². The van der Waals surface area contributed by atoms with Crippen molar-refractivity contribution in [3.8, 4) is 0 Å².